The fraction of sp³-hybridized carbons (Fsp3) is 0.308. The van der Waals surface area contributed by atoms with E-state index in [1.807, 2.05) is 6.07 Å². The Bertz CT molecular complexity index is 603. The van der Waals surface area contributed by atoms with Crippen molar-refractivity contribution in [3.8, 4) is 0 Å². The van der Waals surface area contributed by atoms with Crippen molar-refractivity contribution in [3.63, 3.8) is 0 Å². The minimum absolute atomic E-state index is 0.112. The smallest absolute Gasteiger partial charge is 0.327 e. The van der Waals surface area contributed by atoms with Crippen LogP contribution in [-0.4, -0.2) is 38.2 Å². The summed E-state index contributed by atoms with van der Waals surface area (Å²) in [6, 6.07) is 8.88. The van der Waals surface area contributed by atoms with E-state index in [-0.39, 0.29) is 19.6 Å². The molecule has 6 nitrogen and oxygen atoms in total. The summed E-state index contributed by atoms with van der Waals surface area (Å²) >= 11 is 0. The van der Waals surface area contributed by atoms with Gasteiger partial charge in [-0.15, -0.1) is 0 Å². The Balaban J connectivity index is 2.15. The number of carbonyl (C=O) groups is 1. The van der Waals surface area contributed by atoms with Crippen molar-refractivity contribution >= 4 is 22.1 Å². The number of hydrogen-bond acceptors (Lipinski definition) is 4. The first-order chi connectivity index (χ1) is 9.44. The number of carboxylic acids is 1. The molecule has 7 heteroatoms. The molecular weight excluding hydrogens is 282 g/mol. The van der Waals surface area contributed by atoms with Gasteiger partial charge in [-0.1, -0.05) is 30.3 Å². The zero-order valence-electron chi connectivity index (χ0n) is 10.7. The van der Waals surface area contributed by atoms with Gasteiger partial charge < -0.3 is 9.84 Å². The SMILES string of the molecule is O=C(O)[C@]1(NS(=O)(=O)/C=C\c2ccccc2)CCOC1. The van der Waals surface area contributed by atoms with Gasteiger partial charge in [0, 0.05) is 18.4 Å². The molecule has 1 saturated heterocycles. The molecule has 20 heavy (non-hydrogen) atoms. The molecule has 0 aromatic heterocycles. The number of aliphatic carboxylic acids is 1. The maximum atomic E-state index is 12.0. The minimum atomic E-state index is -3.86. The summed E-state index contributed by atoms with van der Waals surface area (Å²) in [6.45, 7) is 0.0535. The van der Waals surface area contributed by atoms with Crippen LogP contribution in [0.2, 0.25) is 0 Å². The van der Waals surface area contributed by atoms with Crippen molar-refractivity contribution in [1.29, 1.82) is 0 Å². The second kappa shape index (κ2) is 5.74. The highest BCUT2D eigenvalue weighted by Gasteiger charge is 2.45. The van der Waals surface area contributed by atoms with E-state index in [1.54, 1.807) is 24.3 Å². The fourth-order valence-electron chi connectivity index (χ4n) is 1.90. The zero-order valence-corrected chi connectivity index (χ0v) is 11.5. The van der Waals surface area contributed by atoms with Gasteiger partial charge in [-0.2, -0.15) is 4.72 Å². The van der Waals surface area contributed by atoms with Gasteiger partial charge in [0.1, 0.15) is 0 Å². The molecule has 2 rings (SSSR count). The Morgan fingerprint density at radius 2 is 2.05 bits per heavy atom. The topological polar surface area (TPSA) is 92.7 Å². The summed E-state index contributed by atoms with van der Waals surface area (Å²) in [5.74, 6) is -1.23. The summed E-state index contributed by atoms with van der Waals surface area (Å²) in [5.41, 5.74) is -0.857. The number of sulfonamides is 1. The molecular formula is C13H15NO5S. The van der Waals surface area contributed by atoms with E-state index in [2.05, 4.69) is 4.72 Å². The quantitative estimate of drug-likeness (QED) is 0.839. The molecule has 1 aromatic rings. The molecule has 0 spiro atoms. The fourth-order valence-corrected chi connectivity index (χ4v) is 3.09. The third-order valence-electron chi connectivity index (χ3n) is 3.01. The summed E-state index contributed by atoms with van der Waals surface area (Å²) in [4.78, 5) is 11.2. The molecule has 0 amide bonds. The molecule has 0 unspecified atom stereocenters. The minimum Gasteiger partial charge on any atom is -0.480 e. The van der Waals surface area contributed by atoms with E-state index < -0.39 is 21.5 Å². The maximum absolute atomic E-state index is 12.0. The van der Waals surface area contributed by atoms with Crippen molar-refractivity contribution in [3.05, 3.63) is 41.3 Å². The van der Waals surface area contributed by atoms with Gasteiger partial charge in [0.15, 0.2) is 5.54 Å². The Morgan fingerprint density at radius 1 is 1.35 bits per heavy atom. The van der Waals surface area contributed by atoms with Crippen molar-refractivity contribution in [2.75, 3.05) is 13.2 Å². The van der Waals surface area contributed by atoms with Gasteiger partial charge in [0.25, 0.3) is 0 Å². The van der Waals surface area contributed by atoms with Gasteiger partial charge in [0.2, 0.25) is 10.0 Å². The summed E-state index contributed by atoms with van der Waals surface area (Å²) in [6.07, 6.45) is 1.52. The average molecular weight is 297 g/mol. The molecule has 0 bridgehead atoms. The van der Waals surface area contributed by atoms with E-state index in [1.165, 1.54) is 6.08 Å². The van der Waals surface area contributed by atoms with Crippen LogP contribution in [0.4, 0.5) is 0 Å². The van der Waals surface area contributed by atoms with Gasteiger partial charge in [0.05, 0.1) is 6.61 Å². The standard InChI is InChI=1S/C13H15NO5S/c15-12(16)13(7-8-19-10-13)14-20(17,18)9-6-11-4-2-1-3-5-11/h1-6,9,14H,7-8,10H2,(H,15,16)/b9-6-/t13-/m0/s1. The lowest BCUT2D eigenvalue weighted by Gasteiger charge is -2.22. The van der Waals surface area contributed by atoms with Crippen molar-refractivity contribution < 1.29 is 23.1 Å². The van der Waals surface area contributed by atoms with Crippen LogP contribution in [0.5, 0.6) is 0 Å². The third-order valence-corrected chi connectivity index (χ3v) is 4.18. The number of hydrogen-bond donors (Lipinski definition) is 2. The van der Waals surface area contributed by atoms with Gasteiger partial charge in [-0.25, -0.2) is 8.42 Å². The highest BCUT2D eigenvalue weighted by Crippen LogP contribution is 2.20. The lowest BCUT2D eigenvalue weighted by molar-refractivity contribution is -0.144. The van der Waals surface area contributed by atoms with Crippen molar-refractivity contribution in [2.45, 2.75) is 12.0 Å². The Morgan fingerprint density at radius 3 is 2.60 bits per heavy atom. The lowest BCUT2D eigenvalue weighted by Crippen LogP contribution is -2.54. The highest BCUT2D eigenvalue weighted by molar-refractivity contribution is 7.92. The molecule has 1 fully saturated rings. The van der Waals surface area contributed by atoms with Crippen LogP contribution in [0.3, 0.4) is 0 Å². The van der Waals surface area contributed by atoms with Gasteiger partial charge in [-0.3, -0.25) is 4.79 Å². The Hall–Kier alpha value is -1.70. The van der Waals surface area contributed by atoms with Crippen LogP contribution >= 0.6 is 0 Å². The molecule has 0 aliphatic carbocycles. The lowest BCUT2D eigenvalue weighted by atomic mass is 10.0. The van der Waals surface area contributed by atoms with E-state index in [0.29, 0.717) is 5.56 Å². The van der Waals surface area contributed by atoms with E-state index >= 15 is 0 Å². The van der Waals surface area contributed by atoms with Gasteiger partial charge >= 0.3 is 5.97 Å². The molecule has 0 saturated carbocycles. The normalized spacial score (nSPS) is 23.2. The second-order valence-electron chi connectivity index (χ2n) is 4.55. The zero-order chi connectivity index (χ0) is 14.6. The average Bonchev–Trinajstić information content (AvgIpc) is 2.87. The monoisotopic (exact) mass is 297 g/mol. The first kappa shape index (κ1) is 14.7. The summed E-state index contributed by atoms with van der Waals surface area (Å²) in [7, 11) is -3.86. The first-order valence-corrected chi connectivity index (χ1v) is 7.56. The molecule has 108 valence electrons. The van der Waals surface area contributed by atoms with E-state index in [9.17, 15) is 18.3 Å². The largest absolute Gasteiger partial charge is 0.480 e. The van der Waals surface area contributed by atoms with E-state index in [4.69, 9.17) is 4.74 Å². The Kier molecular flexibility index (Phi) is 4.22. The molecule has 1 aliphatic heterocycles. The number of carboxylic acid groups (broad SMARTS) is 1. The second-order valence-corrected chi connectivity index (χ2v) is 6.12. The number of ether oxygens (including phenoxy) is 1. The molecule has 1 heterocycles. The van der Waals surface area contributed by atoms with Crippen LogP contribution in [0.1, 0.15) is 12.0 Å². The molecule has 1 aliphatic rings. The van der Waals surface area contributed by atoms with Crippen molar-refractivity contribution in [2.24, 2.45) is 0 Å². The number of rotatable bonds is 5. The van der Waals surface area contributed by atoms with Crippen LogP contribution in [0, 0.1) is 0 Å². The summed E-state index contributed by atoms with van der Waals surface area (Å²) in [5, 5.41) is 10.1. The molecule has 1 atom stereocenters. The van der Waals surface area contributed by atoms with E-state index in [0.717, 1.165) is 5.41 Å². The van der Waals surface area contributed by atoms with Crippen LogP contribution in [0.25, 0.3) is 6.08 Å². The summed E-state index contributed by atoms with van der Waals surface area (Å²) < 4.78 is 31.1. The van der Waals surface area contributed by atoms with Crippen LogP contribution in [-0.2, 0) is 19.6 Å². The molecule has 2 N–H and O–H groups in total. The first-order valence-electron chi connectivity index (χ1n) is 6.02. The van der Waals surface area contributed by atoms with Crippen LogP contribution in [0.15, 0.2) is 35.7 Å². The predicted octanol–water partition coefficient (Wildman–Crippen LogP) is 0.820. The third kappa shape index (κ3) is 3.44. The number of benzene rings is 1. The predicted molar refractivity (Wildman–Crippen MR) is 73.3 cm³/mol. The highest BCUT2D eigenvalue weighted by atomic mass is 32.2. The van der Waals surface area contributed by atoms with Gasteiger partial charge in [-0.05, 0) is 11.6 Å². The molecule has 1 aromatic carbocycles. The van der Waals surface area contributed by atoms with Crippen LogP contribution < -0.4 is 4.72 Å². The number of nitrogens with one attached hydrogen (secondary N) is 1. The maximum Gasteiger partial charge on any atom is 0.327 e. The van der Waals surface area contributed by atoms with Crippen molar-refractivity contribution in [1.82, 2.24) is 4.72 Å². The Labute approximate surface area is 117 Å². The molecule has 0 radical (unpaired) electrons.